The van der Waals surface area contributed by atoms with E-state index in [1.54, 1.807) is 0 Å². The van der Waals surface area contributed by atoms with E-state index in [0.29, 0.717) is 19.3 Å². The number of hydrogen-bond donors (Lipinski definition) is 2. The van der Waals surface area contributed by atoms with Crippen molar-refractivity contribution in [3.8, 4) is 11.8 Å². The van der Waals surface area contributed by atoms with Crippen molar-refractivity contribution in [2.45, 2.75) is 77.4 Å². The van der Waals surface area contributed by atoms with E-state index in [0.717, 1.165) is 31.2 Å². The fourth-order valence-corrected chi connectivity index (χ4v) is 4.17. The van der Waals surface area contributed by atoms with Gasteiger partial charge in [-0.1, -0.05) is 75.3 Å². The summed E-state index contributed by atoms with van der Waals surface area (Å²) in [7, 11) is 1.39. The molecule has 4 atom stereocenters. The molecule has 0 aliphatic heterocycles. The van der Waals surface area contributed by atoms with E-state index < -0.39 is 23.5 Å². The van der Waals surface area contributed by atoms with E-state index in [9.17, 15) is 19.8 Å². The van der Waals surface area contributed by atoms with Crippen molar-refractivity contribution in [1.29, 1.82) is 0 Å². The van der Waals surface area contributed by atoms with E-state index >= 15 is 0 Å². The number of aliphatic hydroxyl groups excluding tert-OH is 2. The third-order valence-electron chi connectivity index (χ3n) is 6.18. The van der Waals surface area contributed by atoms with Crippen LogP contribution in [-0.4, -0.2) is 41.3 Å². The number of rotatable bonds is 10. The number of Topliss-reactive ketones (excluding diaryl/α,β-unsaturated/α-hetero) is 1. The minimum Gasteiger partial charge on any atom is -0.469 e. The van der Waals surface area contributed by atoms with Crippen LogP contribution in [0.4, 0.5) is 0 Å². The number of methoxy groups -OCH3 is 1. The Morgan fingerprint density at radius 3 is 2.55 bits per heavy atom. The predicted octanol–water partition coefficient (Wildman–Crippen LogP) is 3.70. The Balaban J connectivity index is 1.90. The van der Waals surface area contributed by atoms with Crippen molar-refractivity contribution in [1.82, 2.24) is 0 Å². The highest BCUT2D eigenvalue weighted by atomic mass is 16.5. The molecule has 0 bridgehead atoms. The summed E-state index contributed by atoms with van der Waals surface area (Å²) in [6.45, 7) is 3.95. The van der Waals surface area contributed by atoms with Crippen LogP contribution < -0.4 is 0 Å². The van der Waals surface area contributed by atoms with E-state index in [1.807, 2.05) is 44.2 Å². The molecule has 1 aromatic rings. The second-order valence-electron chi connectivity index (χ2n) is 9.24. The number of carbonyl (C=O) groups excluding carboxylic acids is 2. The average Bonchev–Trinajstić information content (AvgIpc) is 3.01. The summed E-state index contributed by atoms with van der Waals surface area (Å²) in [6.07, 6.45) is 3.75. The van der Waals surface area contributed by atoms with Crippen molar-refractivity contribution >= 4 is 11.8 Å². The van der Waals surface area contributed by atoms with E-state index in [4.69, 9.17) is 0 Å². The van der Waals surface area contributed by atoms with Crippen LogP contribution in [-0.2, 0) is 20.7 Å². The lowest BCUT2D eigenvalue weighted by Gasteiger charge is -2.27. The molecule has 0 heterocycles. The molecule has 2 rings (SSSR count). The quantitative estimate of drug-likeness (QED) is 0.337. The van der Waals surface area contributed by atoms with Crippen LogP contribution in [0.25, 0.3) is 0 Å². The van der Waals surface area contributed by atoms with Crippen LogP contribution in [0.15, 0.2) is 30.3 Å². The summed E-state index contributed by atoms with van der Waals surface area (Å²) >= 11 is 0. The molecule has 1 aromatic carbocycles. The third kappa shape index (κ3) is 7.79. The number of carbonyl (C=O) groups is 2. The maximum atomic E-state index is 12.4. The Bertz CT molecular complexity index is 774. The molecule has 2 N–H and O–H groups in total. The zero-order chi connectivity index (χ0) is 22.9. The normalized spacial score (nSPS) is 22.0. The topological polar surface area (TPSA) is 83.8 Å². The predicted molar refractivity (Wildman–Crippen MR) is 120 cm³/mol. The molecule has 0 radical (unpaired) electrons. The lowest BCUT2D eigenvalue weighted by molar-refractivity contribution is -0.140. The van der Waals surface area contributed by atoms with Gasteiger partial charge in [0.25, 0.3) is 0 Å². The molecule has 1 saturated carbocycles. The summed E-state index contributed by atoms with van der Waals surface area (Å²) in [4.78, 5) is 23.5. The standard InChI is InChI=1S/C26H36O5/c1-26(2,18-19-11-7-6-8-12-19)24(29)16-15-21-20(22(27)17-23(21)28)13-9-4-5-10-14-25(30)31-3/h6-8,11-12,20-21,23-24,28-29H,4-5,9-10,13-14,17-18H2,1-3H3/t20-,21-,23+,24-/m1/s1. The molecular formula is C26H36O5. The van der Waals surface area contributed by atoms with E-state index in [-0.39, 0.29) is 24.1 Å². The highest BCUT2D eigenvalue weighted by Gasteiger charge is 2.40. The van der Waals surface area contributed by atoms with Gasteiger partial charge in [0.2, 0.25) is 0 Å². The number of unbranched alkanes of at least 4 members (excludes halogenated alkanes) is 3. The minimum absolute atomic E-state index is 0.0550. The maximum absolute atomic E-state index is 12.4. The molecule has 31 heavy (non-hydrogen) atoms. The van der Waals surface area contributed by atoms with Gasteiger partial charge in [0.1, 0.15) is 11.9 Å². The summed E-state index contributed by atoms with van der Waals surface area (Å²) < 4.78 is 4.63. The highest BCUT2D eigenvalue weighted by molar-refractivity contribution is 5.85. The molecule has 1 fully saturated rings. The Hall–Kier alpha value is -2.16. The number of esters is 1. The molecule has 1 aliphatic rings. The van der Waals surface area contributed by atoms with Gasteiger partial charge in [-0.2, -0.15) is 0 Å². The number of benzene rings is 1. The Morgan fingerprint density at radius 2 is 1.87 bits per heavy atom. The van der Waals surface area contributed by atoms with Crippen molar-refractivity contribution in [2.24, 2.45) is 17.3 Å². The lowest BCUT2D eigenvalue weighted by Crippen LogP contribution is -2.30. The fraction of sp³-hybridized carbons (Fsp3) is 0.615. The first-order chi connectivity index (χ1) is 14.7. The van der Waals surface area contributed by atoms with Crippen molar-refractivity contribution in [3.05, 3.63) is 35.9 Å². The molecule has 0 unspecified atom stereocenters. The average molecular weight is 429 g/mol. The molecular weight excluding hydrogens is 392 g/mol. The van der Waals surface area contributed by atoms with Crippen LogP contribution in [0.1, 0.15) is 64.4 Å². The van der Waals surface area contributed by atoms with Crippen LogP contribution in [0.3, 0.4) is 0 Å². The molecule has 170 valence electrons. The lowest BCUT2D eigenvalue weighted by atomic mass is 9.80. The van der Waals surface area contributed by atoms with Gasteiger partial charge >= 0.3 is 5.97 Å². The van der Waals surface area contributed by atoms with Crippen molar-refractivity contribution in [2.75, 3.05) is 7.11 Å². The van der Waals surface area contributed by atoms with Gasteiger partial charge in [-0.25, -0.2) is 0 Å². The monoisotopic (exact) mass is 428 g/mol. The van der Waals surface area contributed by atoms with Crippen molar-refractivity contribution in [3.63, 3.8) is 0 Å². The van der Waals surface area contributed by atoms with Gasteiger partial charge in [-0.3, -0.25) is 9.59 Å². The molecule has 0 spiro atoms. The largest absolute Gasteiger partial charge is 0.469 e. The van der Waals surface area contributed by atoms with Gasteiger partial charge in [0.15, 0.2) is 0 Å². The number of hydrogen-bond acceptors (Lipinski definition) is 5. The van der Waals surface area contributed by atoms with Gasteiger partial charge in [0.05, 0.1) is 19.1 Å². The van der Waals surface area contributed by atoms with Gasteiger partial charge in [-0.15, -0.1) is 0 Å². The van der Waals surface area contributed by atoms with Gasteiger partial charge < -0.3 is 14.9 Å². The van der Waals surface area contributed by atoms with Crippen molar-refractivity contribution < 1.29 is 24.5 Å². The minimum atomic E-state index is -0.852. The highest BCUT2D eigenvalue weighted by Crippen LogP contribution is 2.33. The van der Waals surface area contributed by atoms with Crippen LogP contribution in [0.2, 0.25) is 0 Å². The van der Waals surface area contributed by atoms with E-state index in [1.165, 1.54) is 7.11 Å². The molecule has 5 heteroatoms. The van der Waals surface area contributed by atoms with E-state index in [2.05, 4.69) is 16.6 Å². The summed E-state index contributed by atoms with van der Waals surface area (Å²) in [5.74, 6) is 5.13. The number of aliphatic hydroxyl groups is 2. The first-order valence-corrected chi connectivity index (χ1v) is 11.2. The molecule has 0 amide bonds. The van der Waals surface area contributed by atoms with Gasteiger partial charge in [0, 0.05) is 24.2 Å². The fourth-order valence-electron chi connectivity index (χ4n) is 4.17. The molecule has 5 nitrogen and oxygen atoms in total. The van der Waals surface area contributed by atoms with Gasteiger partial charge in [-0.05, 0) is 24.8 Å². The van der Waals surface area contributed by atoms with Crippen LogP contribution in [0, 0.1) is 29.1 Å². The number of ketones is 1. The van der Waals surface area contributed by atoms with Crippen LogP contribution >= 0.6 is 0 Å². The van der Waals surface area contributed by atoms with Crippen LogP contribution in [0.5, 0.6) is 0 Å². The SMILES string of the molecule is COC(=O)CCCCCC[C@H]1C(=O)C[C@H](O)[C@@H]1C#C[C@@H](O)C(C)(C)Cc1ccccc1. The molecule has 0 saturated heterocycles. The Morgan fingerprint density at radius 1 is 1.19 bits per heavy atom. The molecule has 0 aromatic heterocycles. The summed E-state index contributed by atoms with van der Waals surface area (Å²) in [6, 6.07) is 9.98. The third-order valence-corrected chi connectivity index (χ3v) is 6.18. The summed E-state index contributed by atoms with van der Waals surface area (Å²) in [5, 5.41) is 21.1. The Kier molecular flexibility index (Phi) is 9.74. The smallest absolute Gasteiger partial charge is 0.305 e. The summed E-state index contributed by atoms with van der Waals surface area (Å²) in [5.41, 5.74) is 0.686. The second-order valence-corrected chi connectivity index (χ2v) is 9.24. The first-order valence-electron chi connectivity index (χ1n) is 11.2. The zero-order valence-electron chi connectivity index (χ0n) is 19.0. The maximum Gasteiger partial charge on any atom is 0.305 e. The first kappa shape index (κ1) is 25.1. The second kappa shape index (κ2) is 12.0. The Labute approximate surface area is 186 Å². The number of ether oxygens (including phenoxy) is 1. The zero-order valence-corrected chi connectivity index (χ0v) is 19.0. The molecule has 1 aliphatic carbocycles.